The highest BCUT2D eigenvalue weighted by molar-refractivity contribution is 6.00. The van der Waals surface area contributed by atoms with Crippen LogP contribution in [0.2, 0.25) is 0 Å². The zero-order valence-electron chi connectivity index (χ0n) is 14.8. The number of hydrogen-bond acceptors (Lipinski definition) is 7. The Bertz CT molecular complexity index is 1220. The normalized spacial score (nSPS) is 10.9. The largest absolute Gasteiger partial charge is 0.508 e. The number of phenols is 3. The molecule has 0 aliphatic heterocycles. The molecule has 4 aromatic rings. The molecular formula is C20H16N4O4. The van der Waals surface area contributed by atoms with Crippen LogP contribution >= 0.6 is 0 Å². The van der Waals surface area contributed by atoms with Gasteiger partial charge in [0.25, 0.3) is 0 Å². The van der Waals surface area contributed by atoms with Crippen LogP contribution in [0.5, 0.6) is 17.2 Å². The molecule has 0 bridgehead atoms. The molecule has 0 saturated heterocycles. The van der Waals surface area contributed by atoms with Gasteiger partial charge in [0.2, 0.25) is 0 Å². The number of benzene rings is 3. The second-order valence-electron chi connectivity index (χ2n) is 6.25. The van der Waals surface area contributed by atoms with Crippen molar-refractivity contribution in [2.24, 2.45) is 0 Å². The molecule has 28 heavy (non-hydrogen) atoms. The van der Waals surface area contributed by atoms with Crippen molar-refractivity contribution >= 4 is 28.2 Å². The van der Waals surface area contributed by atoms with E-state index in [9.17, 15) is 20.1 Å². The van der Waals surface area contributed by atoms with Crippen molar-refractivity contribution in [3.05, 3.63) is 60.2 Å². The van der Waals surface area contributed by atoms with Crippen LogP contribution in [0.25, 0.3) is 16.7 Å². The molecule has 8 heteroatoms. The number of aromatic nitrogens is 3. The number of hydrogen-bond donors (Lipinski definition) is 4. The molecule has 0 fully saturated rings. The van der Waals surface area contributed by atoms with Crippen LogP contribution < -0.4 is 5.32 Å². The number of para-hydroxylation sites is 1. The zero-order valence-corrected chi connectivity index (χ0v) is 14.8. The molecule has 0 unspecified atom stereocenters. The molecule has 0 atom stereocenters. The van der Waals surface area contributed by atoms with Gasteiger partial charge in [-0.05, 0) is 37.3 Å². The van der Waals surface area contributed by atoms with Crippen LogP contribution in [0.4, 0.5) is 11.4 Å². The van der Waals surface area contributed by atoms with Crippen LogP contribution in [0, 0.1) is 0 Å². The highest BCUT2D eigenvalue weighted by atomic mass is 16.3. The van der Waals surface area contributed by atoms with Crippen molar-refractivity contribution in [1.82, 2.24) is 15.0 Å². The monoisotopic (exact) mass is 376 g/mol. The van der Waals surface area contributed by atoms with Gasteiger partial charge in [-0.1, -0.05) is 12.1 Å². The van der Waals surface area contributed by atoms with Crippen LogP contribution in [-0.4, -0.2) is 36.1 Å². The van der Waals surface area contributed by atoms with Gasteiger partial charge in [-0.2, -0.15) is 0 Å². The number of Topliss-reactive ketones (excluding diaryl/α,β-unsaturated/α-hetero) is 1. The Hall–Kier alpha value is -4.07. The summed E-state index contributed by atoms with van der Waals surface area (Å²) in [6, 6.07) is 14.7. The quantitative estimate of drug-likeness (QED) is 0.244. The fourth-order valence-corrected chi connectivity index (χ4v) is 2.90. The number of carbonyl (C=O) groups excluding carboxylic acids is 1. The summed E-state index contributed by atoms with van der Waals surface area (Å²) < 4.78 is 0. The molecule has 4 N–H and O–H groups in total. The van der Waals surface area contributed by atoms with Gasteiger partial charge in [0, 0.05) is 29.1 Å². The van der Waals surface area contributed by atoms with Gasteiger partial charge in [-0.3, -0.25) is 4.79 Å². The lowest BCUT2D eigenvalue weighted by molar-refractivity contribution is 0.101. The number of nitrogens with zero attached hydrogens (tertiary/aromatic N) is 3. The minimum absolute atomic E-state index is 0.0464. The van der Waals surface area contributed by atoms with Crippen LogP contribution in [0.3, 0.4) is 0 Å². The molecule has 0 amide bonds. The number of ketones is 1. The first kappa shape index (κ1) is 17.3. The third kappa shape index (κ3) is 3.07. The predicted molar refractivity (Wildman–Crippen MR) is 104 cm³/mol. The summed E-state index contributed by atoms with van der Waals surface area (Å²) in [4.78, 5) is 12.9. The van der Waals surface area contributed by atoms with Gasteiger partial charge >= 0.3 is 0 Å². The Morgan fingerprint density at radius 3 is 2.50 bits per heavy atom. The van der Waals surface area contributed by atoms with Crippen LogP contribution in [-0.2, 0) is 0 Å². The van der Waals surface area contributed by atoms with E-state index in [2.05, 4.69) is 15.5 Å². The number of rotatable bonds is 4. The molecule has 4 rings (SSSR count). The third-order valence-corrected chi connectivity index (χ3v) is 4.24. The van der Waals surface area contributed by atoms with Gasteiger partial charge in [-0.15, -0.1) is 15.0 Å². The number of carbonyl (C=O) groups is 1. The molecule has 0 aliphatic carbocycles. The second-order valence-corrected chi connectivity index (χ2v) is 6.25. The van der Waals surface area contributed by atoms with E-state index in [1.165, 1.54) is 13.0 Å². The summed E-state index contributed by atoms with van der Waals surface area (Å²) >= 11 is 0. The van der Waals surface area contributed by atoms with E-state index in [1.54, 1.807) is 30.3 Å². The lowest BCUT2D eigenvalue weighted by Gasteiger charge is -2.09. The van der Waals surface area contributed by atoms with Gasteiger partial charge in [-0.25, -0.2) is 0 Å². The molecule has 3 aromatic carbocycles. The first-order chi connectivity index (χ1) is 13.4. The zero-order chi connectivity index (χ0) is 19.8. The molecule has 1 aromatic heterocycles. The minimum Gasteiger partial charge on any atom is -0.508 e. The second kappa shape index (κ2) is 6.58. The molecule has 140 valence electrons. The Morgan fingerprint density at radius 2 is 1.71 bits per heavy atom. The number of nitrogens with one attached hydrogen (secondary N) is 1. The van der Waals surface area contributed by atoms with E-state index in [1.807, 2.05) is 12.1 Å². The van der Waals surface area contributed by atoms with Crippen LogP contribution in [0.1, 0.15) is 17.3 Å². The maximum atomic E-state index is 11.8. The van der Waals surface area contributed by atoms with Gasteiger partial charge in [0.1, 0.15) is 22.5 Å². The SMILES string of the molecule is CC(=O)c1ccccc1Nc1ccc2nn(-c3cc(O)cc(O)c3O)nc2c1. The molecule has 0 aliphatic rings. The van der Waals surface area contributed by atoms with E-state index in [0.29, 0.717) is 28.0 Å². The topological polar surface area (TPSA) is 121 Å². The summed E-state index contributed by atoms with van der Waals surface area (Å²) in [5, 5.41) is 41.1. The van der Waals surface area contributed by atoms with Gasteiger partial charge in [0.05, 0.1) is 0 Å². The fraction of sp³-hybridized carbons (Fsp3) is 0.0500. The first-order valence-electron chi connectivity index (χ1n) is 8.42. The molecule has 0 saturated carbocycles. The van der Waals surface area contributed by atoms with E-state index in [0.717, 1.165) is 10.9 Å². The highest BCUT2D eigenvalue weighted by Crippen LogP contribution is 2.35. The molecule has 0 radical (unpaired) electrons. The maximum Gasteiger partial charge on any atom is 0.185 e. The fourth-order valence-electron chi connectivity index (χ4n) is 2.90. The average Bonchev–Trinajstić information content (AvgIpc) is 3.08. The Morgan fingerprint density at radius 1 is 0.964 bits per heavy atom. The van der Waals surface area contributed by atoms with E-state index < -0.39 is 11.5 Å². The lowest BCUT2D eigenvalue weighted by Crippen LogP contribution is -2.00. The number of aromatic hydroxyl groups is 3. The maximum absolute atomic E-state index is 11.8. The highest BCUT2D eigenvalue weighted by Gasteiger charge is 2.14. The third-order valence-electron chi connectivity index (χ3n) is 4.24. The summed E-state index contributed by atoms with van der Waals surface area (Å²) in [5.74, 6) is -1.18. The van der Waals surface area contributed by atoms with Crippen LogP contribution in [0.15, 0.2) is 54.6 Å². The van der Waals surface area contributed by atoms with Crippen molar-refractivity contribution < 1.29 is 20.1 Å². The predicted octanol–water partition coefficient (Wildman–Crippen LogP) is 3.48. The summed E-state index contributed by atoms with van der Waals surface area (Å²) in [6.45, 7) is 1.51. The minimum atomic E-state index is -0.473. The number of fused-ring (bicyclic) bond motifs is 1. The van der Waals surface area contributed by atoms with Crippen molar-refractivity contribution in [3.63, 3.8) is 0 Å². The molecule has 1 heterocycles. The first-order valence-corrected chi connectivity index (χ1v) is 8.42. The van der Waals surface area contributed by atoms with E-state index in [4.69, 9.17) is 0 Å². The van der Waals surface area contributed by atoms with Crippen molar-refractivity contribution in [3.8, 4) is 22.9 Å². The standard InChI is InChI=1S/C20H16N4O4/c1-11(25)14-4-2-3-5-15(14)21-12-6-7-16-17(8-12)23-24(22-16)18-9-13(26)10-19(27)20(18)28/h2-10,21,26-28H,1H3. The molecule has 8 nitrogen and oxygen atoms in total. The van der Waals surface area contributed by atoms with E-state index in [-0.39, 0.29) is 17.2 Å². The Labute approximate surface area is 159 Å². The lowest BCUT2D eigenvalue weighted by atomic mass is 10.1. The average molecular weight is 376 g/mol. The van der Waals surface area contributed by atoms with E-state index >= 15 is 0 Å². The Kier molecular flexibility index (Phi) is 4.08. The van der Waals surface area contributed by atoms with Crippen molar-refractivity contribution in [2.45, 2.75) is 6.92 Å². The van der Waals surface area contributed by atoms with Crippen molar-refractivity contribution in [1.29, 1.82) is 0 Å². The number of phenolic OH excluding ortho intramolecular Hbond substituents is 3. The van der Waals surface area contributed by atoms with Crippen molar-refractivity contribution in [2.75, 3.05) is 5.32 Å². The van der Waals surface area contributed by atoms with Gasteiger partial charge < -0.3 is 20.6 Å². The summed E-state index contributed by atoms with van der Waals surface area (Å²) in [5.41, 5.74) is 3.07. The summed E-state index contributed by atoms with van der Waals surface area (Å²) in [7, 11) is 0. The Balaban J connectivity index is 1.73. The number of anilines is 2. The summed E-state index contributed by atoms with van der Waals surface area (Å²) in [6.07, 6.45) is 0. The smallest absolute Gasteiger partial charge is 0.185 e. The van der Waals surface area contributed by atoms with Gasteiger partial charge in [0.15, 0.2) is 17.3 Å². The molecule has 0 spiro atoms. The molecular weight excluding hydrogens is 360 g/mol.